The molecule has 6 heteroatoms. The molecule has 0 amide bonds. The second kappa shape index (κ2) is 4.17. The van der Waals surface area contributed by atoms with Crippen LogP contribution >= 0.6 is 0 Å². The normalized spacial score (nSPS) is 12.3. The molecule has 0 aliphatic carbocycles. The Balaban J connectivity index is 2.67. The molecule has 0 aliphatic heterocycles. The zero-order valence-electron chi connectivity index (χ0n) is 8.81. The average Bonchev–Trinajstić information content (AvgIpc) is 2.37. The molecule has 0 atom stereocenters. The van der Waals surface area contributed by atoms with Crippen LogP contribution in [-0.4, -0.2) is 16.2 Å². The summed E-state index contributed by atoms with van der Waals surface area (Å²) in [6, 6.07) is 4.89. The van der Waals surface area contributed by atoms with Gasteiger partial charge in [0.15, 0.2) is 5.83 Å². The molecule has 5 nitrogen and oxygen atoms in total. The SMILES string of the molecule is N=CC(F)=C(N)c1ccc2ncnc(N)c2c1. The molecule has 0 saturated carbocycles. The minimum Gasteiger partial charge on any atom is -0.396 e. The quantitative estimate of drug-likeness (QED) is 0.681. The number of fused-ring (bicyclic) bond motifs is 1. The van der Waals surface area contributed by atoms with Crippen molar-refractivity contribution in [2.24, 2.45) is 5.73 Å². The fourth-order valence-electron chi connectivity index (χ4n) is 1.46. The number of nitrogen functional groups attached to an aromatic ring is 1. The van der Waals surface area contributed by atoms with E-state index >= 15 is 0 Å². The molecule has 2 rings (SSSR count). The van der Waals surface area contributed by atoms with Gasteiger partial charge in [0.1, 0.15) is 12.1 Å². The molecule has 0 radical (unpaired) electrons. The summed E-state index contributed by atoms with van der Waals surface area (Å²) in [5.74, 6) is -0.486. The Morgan fingerprint density at radius 1 is 1.35 bits per heavy atom. The molecule has 1 aromatic heterocycles. The highest BCUT2D eigenvalue weighted by Crippen LogP contribution is 2.22. The van der Waals surface area contributed by atoms with E-state index in [1.165, 1.54) is 6.33 Å². The summed E-state index contributed by atoms with van der Waals surface area (Å²) in [7, 11) is 0. The van der Waals surface area contributed by atoms with Crippen LogP contribution in [0, 0.1) is 5.41 Å². The maximum absolute atomic E-state index is 13.2. The summed E-state index contributed by atoms with van der Waals surface area (Å²) in [6.07, 6.45) is 1.92. The number of nitrogens with two attached hydrogens (primary N) is 2. The zero-order chi connectivity index (χ0) is 12.4. The lowest BCUT2D eigenvalue weighted by Gasteiger charge is -2.05. The largest absolute Gasteiger partial charge is 0.396 e. The van der Waals surface area contributed by atoms with Gasteiger partial charge in [0.25, 0.3) is 0 Å². The van der Waals surface area contributed by atoms with Gasteiger partial charge in [-0.1, -0.05) is 6.07 Å². The van der Waals surface area contributed by atoms with Gasteiger partial charge in [-0.3, -0.25) is 0 Å². The van der Waals surface area contributed by atoms with Crippen LogP contribution in [-0.2, 0) is 0 Å². The summed E-state index contributed by atoms with van der Waals surface area (Å²) < 4.78 is 13.2. The number of benzene rings is 1. The van der Waals surface area contributed by atoms with E-state index in [4.69, 9.17) is 16.9 Å². The fourth-order valence-corrected chi connectivity index (χ4v) is 1.46. The van der Waals surface area contributed by atoms with Gasteiger partial charge in [0, 0.05) is 10.9 Å². The summed E-state index contributed by atoms with van der Waals surface area (Å²) in [6.45, 7) is 0. The van der Waals surface area contributed by atoms with Crippen LogP contribution in [0.1, 0.15) is 5.56 Å². The van der Waals surface area contributed by atoms with Gasteiger partial charge in [-0.15, -0.1) is 0 Å². The Morgan fingerprint density at radius 2 is 2.12 bits per heavy atom. The van der Waals surface area contributed by atoms with Crippen molar-refractivity contribution in [3.05, 3.63) is 35.9 Å². The maximum Gasteiger partial charge on any atom is 0.164 e. The highest BCUT2D eigenvalue weighted by atomic mass is 19.1. The predicted octanol–water partition coefficient (Wildman–Crippen LogP) is 1.46. The molecule has 0 aliphatic rings. The molecule has 0 unspecified atom stereocenters. The van der Waals surface area contributed by atoms with Crippen LogP contribution in [0.5, 0.6) is 0 Å². The Morgan fingerprint density at radius 3 is 2.82 bits per heavy atom. The molecule has 2 aromatic rings. The molecular weight excluding hydrogens is 221 g/mol. The van der Waals surface area contributed by atoms with Crippen molar-refractivity contribution in [3.8, 4) is 0 Å². The Bertz CT molecular complexity index is 620. The van der Waals surface area contributed by atoms with Crippen molar-refractivity contribution in [2.45, 2.75) is 0 Å². The fraction of sp³-hybridized carbons (Fsp3) is 0. The second-order valence-electron chi connectivity index (χ2n) is 3.40. The number of nitrogens with zero attached hydrogens (tertiary/aromatic N) is 2. The highest BCUT2D eigenvalue weighted by Gasteiger charge is 2.06. The molecule has 0 bridgehead atoms. The van der Waals surface area contributed by atoms with Gasteiger partial charge in [0.05, 0.1) is 17.4 Å². The molecule has 1 heterocycles. The number of hydrogen-bond donors (Lipinski definition) is 3. The lowest BCUT2D eigenvalue weighted by molar-refractivity contribution is 0.686. The summed E-state index contributed by atoms with van der Waals surface area (Å²) in [5, 5.41) is 7.41. The highest BCUT2D eigenvalue weighted by molar-refractivity contribution is 5.92. The number of rotatable bonds is 2. The van der Waals surface area contributed by atoms with Crippen LogP contribution in [0.4, 0.5) is 10.2 Å². The molecule has 17 heavy (non-hydrogen) atoms. The average molecular weight is 231 g/mol. The van der Waals surface area contributed by atoms with Crippen molar-refractivity contribution in [1.29, 1.82) is 5.41 Å². The van der Waals surface area contributed by atoms with Gasteiger partial charge >= 0.3 is 0 Å². The van der Waals surface area contributed by atoms with Crippen molar-refractivity contribution in [2.75, 3.05) is 5.73 Å². The Hall–Kier alpha value is -2.50. The standard InChI is InChI=1S/C11H10FN5/c12-8(4-13)10(14)6-1-2-9-7(3-6)11(15)17-5-16-9/h1-5,13H,14H2,(H2,15,16,17). The van der Waals surface area contributed by atoms with E-state index in [1.54, 1.807) is 18.2 Å². The van der Waals surface area contributed by atoms with Gasteiger partial charge < -0.3 is 16.9 Å². The summed E-state index contributed by atoms with van der Waals surface area (Å²) in [4.78, 5) is 7.86. The van der Waals surface area contributed by atoms with E-state index in [9.17, 15) is 4.39 Å². The third-order valence-electron chi connectivity index (χ3n) is 2.36. The van der Waals surface area contributed by atoms with Crippen molar-refractivity contribution in [3.63, 3.8) is 0 Å². The van der Waals surface area contributed by atoms with E-state index in [-0.39, 0.29) is 5.70 Å². The minimum absolute atomic E-state index is 0.106. The molecule has 0 saturated heterocycles. The van der Waals surface area contributed by atoms with Gasteiger partial charge in [0.2, 0.25) is 0 Å². The monoisotopic (exact) mass is 231 g/mol. The third-order valence-corrected chi connectivity index (χ3v) is 2.36. The molecule has 0 fully saturated rings. The first-order chi connectivity index (χ1) is 8.13. The van der Waals surface area contributed by atoms with E-state index in [1.807, 2.05) is 0 Å². The second-order valence-corrected chi connectivity index (χ2v) is 3.40. The number of nitrogens with one attached hydrogen (secondary N) is 1. The number of anilines is 1. The lowest BCUT2D eigenvalue weighted by atomic mass is 10.1. The van der Waals surface area contributed by atoms with Crippen molar-refractivity contribution < 1.29 is 4.39 Å². The molecule has 5 N–H and O–H groups in total. The van der Waals surface area contributed by atoms with Crippen LogP contribution in [0.15, 0.2) is 30.4 Å². The van der Waals surface area contributed by atoms with E-state index in [0.717, 1.165) is 0 Å². The Kier molecular flexibility index (Phi) is 2.70. The smallest absolute Gasteiger partial charge is 0.164 e. The third kappa shape index (κ3) is 1.92. The van der Waals surface area contributed by atoms with Gasteiger partial charge in [-0.05, 0) is 12.1 Å². The first kappa shape index (κ1) is 11.0. The van der Waals surface area contributed by atoms with E-state index in [2.05, 4.69) is 9.97 Å². The number of allylic oxidation sites excluding steroid dienone is 1. The first-order valence-electron chi connectivity index (χ1n) is 4.80. The Labute approximate surface area is 96.5 Å². The lowest BCUT2D eigenvalue weighted by Crippen LogP contribution is -2.01. The summed E-state index contributed by atoms with van der Waals surface area (Å²) >= 11 is 0. The summed E-state index contributed by atoms with van der Waals surface area (Å²) in [5.41, 5.74) is 12.2. The topological polar surface area (TPSA) is 102 Å². The molecule has 0 spiro atoms. The maximum atomic E-state index is 13.2. The number of halogens is 1. The first-order valence-corrected chi connectivity index (χ1v) is 4.80. The molecule has 1 aromatic carbocycles. The van der Waals surface area contributed by atoms with E-state index in [0.29, 0.717) is 28.5 Å². The molecule has 86 valence electrons. The zero-order valence-corrected chi connectivity index (χ0v) is 8.81. The van der Waals surface area contributed by atoms with Crippen LogP contribution < -0.4 is 11.5 Å². The van der Waals surface area contributed by atoms with Crippen LogP contribution in [0.3, 0.4) is 0 Å². The van der Waals surface area contributed by atoms with Gasteiger partial charge in [-0.2, -0.15) is 0 Å². The number of hydrogen-bond acceptors (Lipinski definition) is 5. The minimum atomic E-state index is -0.792. The van der Waals surface area contributed by atoms with E-state index < -0.39 is 5.83 Å². The van der Waals surface area contributed by atoms with Gasteiger partial charge in [-0.25, -0.2) is 14.4 Å². The van der Waals surface area contributed by atoms with Crippen LogP contribution in [0.25, 0.3) is 16.6 Å². The number of aromatic nitrogens is 2. The van der Waals surface area contributed by atoms with Crippen molar-refractivity contribution >= 4 is 28.6 Å². The molecular formula is C11H10FN5. The predicted molar refractivity (Wildman–Crippen MR) is 64.9 cm³/mol. The van der Waals surface area contributed by atoms with Crippen LogP contribution in [0.2, 0.25) is 0 Å². The van der Waals surface area contributed by atoms with Crippen molar-refractivity contribution in [1.82, 2.24) is 9.97 Å².